The van der Waals surface area contributed by atoms with E-state index in [1.54, 1.807) is 13.8 Å². The Balaban J connectivity index is 2.69. The van der Waals surface area contributed by atoms with Gasteiger partial charge in [0.05, 0.1) is 23.3 Å². The lowest BCUT2D eigenvalue weighted by Crippen LogP contribution is -2.25. The van der Waals surface area contributed by atoms with Gasteiger partial charge in [0.2, 0.25) is 0 Å². The fourth-order valence-electron chi connectivity index (χ4n) is 3.06. The number of hydrogen-bond acceptors (Lipinski definition) is 3. The fraction of sp³-hybridized carbons (Fsp3) is 0.333. The molecule has 0 aromatic heterocycles. The van der Waals surface area contributed by atoms with Crippen LogP contribution in [0.4, 0.5) is 13.2 Å². The summed E-state index contributed by atoms with van der Waals surface area (Å²) in [6, 6.07) is 9.36. The Morgan fingerprint density at radius 3 is 2.38 bits per heavy atom. The molecule has 0 amide bonds. The number of hydrogen-bond donors (Lipinski definition) is 1. The molecule has 1 atom stereocenters. The second-order valence-electron chi connectivity index (χ2n) is 5.60. The molecule has 1 aliphatic heterocycles. The molecule has 0 aliphatic carbocycles. The van der Waals surface area contributed by atoms with E-state index in [0.29, 0.717) is 23.4 Å². The third-order valence-electron chi connectivity index (χ3n) is 4.10. The minimum atomic E-state index is -4.51. The highest BCUT2D eigenvalue weighted by Gasteiger charge is 2.38. The number of benzene rings is 1. The van der Waals surface area contributed by atoms with Crippen LogP contribution in [0.1, 0.15) is 43.7 Å². The van der Waals surface area contributed by atoms with Gasteiger partial charge in [0, 0.05) is 23.7 Å². The number of alkyl halides is 3. The van der Waals surface area contributed by atoms with Gasteiger partial charge in [0.15, 0.2) is 0 Å². The molecule has 2 rings (SSSR count). The highest BCUT2D eigenvalue weighted by atomic mass is 19.4. The summed E-state index contributed by atoms with van der Waals surface area (Å²) in [7, 11) is 0. The van der Waals surface area contributed by atoms with Gasteiger partial charge in [-0.2, -0.15) is 23.7 Å². The summed E-state index contributed by atoms with van der Waals surface area (Å²) >= 11 is 0. The molecular weight excluding hydrogens is 315 g/mol. The number of allylic oxidation sites excluding steroid dienone is 4. The summed E-state index contributed by atoms with van der Waals surface area (Å²) < 4.78 is 40.3. The number of nitriles is 2. The van der Waals surface area contributed by atoms with E-state index in [1.807, 2.05) is 12.1 Å². The maximum Gasteiger partial charge on any atom is 0.416 e. The van der Waals surface area contributed by atoms with Crippen molar-refractivity contribution in [3.8, 4) is 12.1 Å². The van der Waals surface area contributed by atoms with Crippen LogP contribution in [0.5, 0.6) is 0 Å². The van der Waals surface area contributed by atoms with Gasteiger partial charge in [-0.1, -0.05) is 18.2 Å². The first-order valence-electron chi connectivity index (χ1n) is 7.41. The topological polar surface area (TPSA) is 59.6 Å². The summed E-state index contributed by atoms with van der Waals surface area (Å²) in [6.45, 7) is 3.43. The highest BCUT2D eigenvalue weighted by Crippen LogP contribution is 2.44. The molecule has 6 heteroatoms. The zero-order valence-corrected chi connectivity index (χ0v) is 13.3. The molecule has 0 radical (unpaired) electrons. The molecule has 0 fully saturated rings. The fourth-order valence-corrected chi connectivity index (χ4v) is 3.06. The number of dihydropyridines is 1. The largest absolute Gasteiger partial charge is 0.416 e. The van der Waals surface area contributed by atoms with Crippen LogP contribution >= 0.6 is 0 Å². The van der Waals surface area contributed by atoms with Crippen molar-refractivity contribution < 1.29 is 13.2 Å². The predicted molar refractivity (Wildman–Crippen MR) is 83.2 cm³/mol. The summed E-state index contributed by atoms with van der Waals surface area (Å²) in [5.74, 6) is -0.789. The van der Waals surface area contributed by atoms with Gasteiger partial charge < -0.3 is 5.32 Å². The SMILES string of the molecule is CC1=C(C#N)C(c2ccccc2C(F)(F)F)C(CCC#N)=C(C)N1. The van der Waals surface area contributed by atoms with Gasteiger partial charge in [-0.25, -0.2) is 0 Å². The summed E-state index contributed by atoms with van der Waals surface area (Å²) in [4.78, 5) is 0. The number of rotatable bonds is 3. The Hall–Kier alpha value is -2.73. The molecule has 0 saturated carbocycles. The first kappa shape index (κ1) is 17.6. The molecule has 3 nitrogen and oxygen atoms in total. The number of halogens is 3. The van der Waals surface area contributed by atoms with Crippen molar-refractivity contribution in [1.29, 1.82) is 10.5 Å². The zero-order valence-electron chi connectivity index (χ0n) is 13.3. The molecule has 0 spiro atoms. The number of nitrogens with one attached hydrogen (secondary N) is 1. The van der Waals surface area contributed by atoms with E-state index in [2.05, 4.69) is 5.32 Å². The van der Waals surface area contributed by atoms with Crippen molar-refractivity contribution >= 4 is 0 Å². The Kier molecular flexibility index (Phi) is 4.99. The second kappa shape index (κ2) is 6.80. The quantitative estimate of drug-likeness (QED) is 0.868. The monoisotopic (exact) mass is 331 g/mol. The molecule has 1 aromatic rings. The second-order valence-corrected chi connectivity index (χ2v) is 5.60. The lowest BCUT2D eigenvalue weighted by Gasteiger charge is -2.31. The number of nitrogens with zero attached hydrogens (tertiary/aromatic N) is 2. The minimum absolute atomic E-state index is 0.0506. The lowest BCUT2D eigenvalue weighted by molar-refractivity contribution is -0.138. The van der Waals surface area contributed by atoms with Crippen LogP contribution in [0.3, 0.4) is 0 Å². The Labute approximate surface area is 138 Å². The average Bonchev–Trinajstić information content (AvgIpc) is 2.52. The molecule has 0 saturated heterocycles. The molecule has 1 N–H and O–H groups in total. The van der Waals surface area contributed by atoms with Crippen molar-refractivity contribution in [3.63, 3.8) is 0 Å². The van der Waals surface area contributed by atoms with Crippen LogP contribution in [-0.2, 0) is 6.18 Å². The van der Waals surface area contributed by atoms with Crippen molar-refractivity contribution in [3.05, 3.63) is 57.9 Å². The molecule has 24 heavy (non-hydrogen) atoms. The van der Waals surface area contributed by atoms with E-state index in [4.69, 9.17) is 5.26 Å². The van der Waals surface area contributed by atoms with Crippen LogP contribution in [-0.4, -0.2) is 0 Å². The standard InChI is InChI=1S/C18H16F3N3/c1-11-13(7-5-9-22)17(15(10-23)12(2)24-11)14-6-3-4-8-16(14)18(19,20)21/h3-4,6,8,17,24H,5,7H2,1-2H3. The molecule has 1 unspecified atom stereocenters. The average molecular weight is 331 g/mol. The van der Waals surface area contributed by atoms with E-state index in [-0.39, 0.29) is 17.6 Å². The normalized spacial score (nSPS) is 18.0. The van der Waals surface area contributed by atoms with E-state index in [1.165, 1.54) is 18.2 Å². The van der Waals surface area contributed by atoms with Gasteiger partial charge in [-0.15, -0.1) is 0 Å². The van der Waals surface area contributed by atoms with Gasteiger partial charge in [0.1, 0.15) is 0 Å². The van der Waals surface area contributed by atoms with Crippen LogP contribution in [0.15, 0.2) is 46.8 Å². The minimum Gasteiger partial charge on any atom is -0.362 e. The molecule has 124 valence electrons. The highest BCUT2D eigenvalue weighted by molar-refractivity contribution is 5.53. The molecule has 1 heterocycles. The predicted octanol–water partition coefficient (Wildman–Crippen LogP) is 4.77. The lowest BCUT2D eigenvalue weighted by atomic mass is 9.77. The molecular formula is C18H16F3N3. The van der Waals surface area contributed by atoms with E-state index in [9.17, 15) is 18.4 Å². The van der Waals surface area contributed by atoms with Crippen LogP contribution < -0.4 is 5.32 Å². The molecule has 1 aromatic carbocycles. The van der Waals surface area contributed by atoms with Crippen LogP contribution in [0.25, 0.3) is 0 Å². The van der Waals surface area contributed by atoms with Gasteiger partial charge >= 0.3 is 6.18 Å². The van der Waals surface area contributed by atoms with Crippen LogP contribution in [0.2, 0.25) is 0 Å². The third kappa shape index (κ3) is 3.28. The van der Waals surface area contributed by atoms with E-state index < -0.39 is 17.7 Å². The first-order chi connectivity index (χ1) is 11.3. The molecule has 0 bridgehead atoms. The van der Waals surface area contributed by atoms with Gasteiger partial charge in [-0.05, 0) is 37.5 Å². The van der Waals surface area contributed by atoms with Crippen molar-refractivity contribution in [2.24, 2.45) is 0 Å². The first-order valence-corrected chi connectivity index (χ1v) is 7.41. The smallest absolute Gasteiger partial charge is 0.362 e. The van der Waals surface area contributed by atoms with Gasteiger partial charge in [0.25, 0.3) is 0 Å². The van der Waals surface area contributed by atoms with Crippen LogP contribution in [0, 0.1) is 22.7 Å². The summed E-state index contributed by atoms with van der Waals surface area (Å²) in [5.41, 5.74) is 1.44. The van der Waals surface area contributed by atoms with Gasteiger partial charge in [-0.3, -0.25) is 0 Å². The Bertz CT molecular complexity index is 789. The van der Waals surface area contributed by atoms with E-state index in [0.717, 1.165) is 6.07 Å². The third-order valence-corrected chi connectivity index (χ3v) is 4.10. The van der Waals surface area contributed by atoms with Crippen molar-refractivity contribution in [2.45, 2.75) is 38.8 Å². The molecule has 1 aliphatic rings. The maximum atomic E-state index is 13.4. The van der Waals surface area contributed by atoms with E-state index >= 15 is 0 Å². The zero-order chi connectivity index (χ0) is 17.9. The Morgan fingerprint density at radius 1 is 1.12 bits per heavy atom. The Morgan fingerprint density at radius 2 is 1.79 bits per heavy atom. The van der Waals surface area contributed by atoms with Crippen molar-refractivity contribution in [1.82, 2.24) is 5.32 Å². The maximum absolute atomic E-state index is 13.4. The van der Waals surface area contributed by atoms with Crippen molar-refractivity contribution in [2.75, 3.05) is 0 Å². The summed E-state index contributed by atoms with van der Waals surface area (Å²) in [6.07, 6.45) is -4.02. The summed E-state index contributed by atoms with van der Waals surface area (Å²) in [5, 5.41) is 21.4.